The summed E-state index contributed by atoms with van der Waals surface area (Å²) >= 11 is 0. The molecule has 2 rings (SSSR count). The summed E-state index contributed by atoms with van der Waals surface area (Å²) in [7, 11) is 0. The highest BCUT2D eigenvalue weighted by Crippen LogP contribution is 2.32. The molecule has 0 bridgehead atoms. The minimum Gasteiger partial charge on any atom is -0.338 e. The zero-order valence-corrected chi connectivity index (χ0v) is 14.1. The van der Waals surface area contributed by atoms with E-state index in [4.69, 9.17) is 0 Å². The van der Waals surface area contributed by atoms with E-state index in [-0.39, 0.29) is 0 Å². The van der Waals surface area contributed by atoms with Gasteiger partial charge in [0, 0.05) is 19.0 Å². The summed E-state index contributed by atoms with van der Waals surface area (Å²) in [6, 6.07) is 0. The van der Waals surface area contributed by atoms with Crippen LogP contribution in [-0.4, -0.2) is 23.9 Å². The molecular formula is C19H31NO. The number of carbonyl (C=O) groups excluding carboxylic acids is 1. The molecule has 0 aliphatic heterocycles. The van der Waals surface area contributed by atoms with Gasteiger partial charge in [-0.1, -0.05) is 44.6 Å². The van der Waals surface area contributed by atoms with Crippen LogP contribution in [0.1, 0.15) is 53.4 Å². The lowest BCUT2D eigenvalue weighted by atomic mass is 9.81. The topological polar surface area (TPSA) is 20.3 Å². The van der Waals surface area contributed by atoms with Gasteiger partial charge in [0.2, 0.25) is 5.91 Å². The van der Waals surface area contributed by atoms with Crippen molar-refractivity contribution in [3.63, 3.8) is 0 Å². The van der Waals surface area contributed by atoms with E-state index in [1.54, 1.807) is 0 Å². The van der Waals surface area contributed by atoms with Crippen molar-refractivity contribution >= 4 is 5.91 Å². The summed E-state index contributed by atoms with van der Waals surface area (Å²) in [6.45, 7) is 10.6. The van der Waals surface area contributed by atoms with Crippen molar-refractivity contribution in [1.29, 1.82) is 0 Å². The Morgan fingerprint density at radius 1 is 1.43 bits per heavy atom. The van der Waals surface area contributed by atoms with Crippen LogP contribution in [0.15, 0.2) is 23.8 Å². The van der Waals surface area contributed by atoms with Gasteiger partial charge in [-0.05, 0) is 50.4 Å². The van der Waals surface area contributed by atoms with Crippen LogP contribution >= 0.6 is 0 Å². The monoisotopic (exact) mass is 289 g/mol. The van der Waals surface area contributed by atoms with Gasteiger partial charge in [-0.15, -0.1) is 0 Å². The minimum absolute atomic E-state index is 0.330. The summed E-state index contributed by atoms with van der Waals surface area (Å²) in [5.74, 6) is 2.62. The fraction of sp³-hybridized carbons (Fsp3) is 0.737. The van der Waals surface area contributed by atoms with Crippen LogP contribution in [-0.2, 0) is 4.79 Å². The van der Waals surface area contributed by atoms with Gasteiger partial charge in [0.25, 0.3) is 0 Å². The second-order valence-corrected chi connectivity index (χ2v) is 7.47. The molecule has 0 N–H and O–H groups in total. The predicted octanol–water partition coefficient (Wildman–Crippen LogP) is 4.43. The van der Waals surface area contributed by atoms with Gasteiger partial charge in [0.15, 0.2) is 0 Å². The van der Waals surface area contributed by atoms with Gasteiger partial charge < -0.3 is 4.90 Å². The molecule has 21 heavy (non-hydrogen) atoms. The standard InChI is InChI=1S/C19H31NO/c1-14(2)13-20(19(21)18-9-10-18)11-5-6-17-8-7-15(3)12-16(17)4/h5-7,14,16-18H,8-13H2,1-4H3. The number of nitrogens with zero attached hydrogens (tertiary/aromatic N) is 1. The Bertz CT molecular complexity index is 417. The second kappa shape index (κ2) is 7.29. The lowest BCUT2D eigenvalue weighted by Gasteiger charge is -2.26. The number of amides is 1. The van der Waals surface area contributed by atoms with Gasteiger partial charge in [0.1, 0.15) is 0 Å². The lowest BCUT2D eigenvalue weighted by Crippen LogP contribution is -2.35. The fourth-order valence-electron chi connectivity index (χ4n) is 3.23. The largest absolute Gasteiger partial charge is 0.338 e. The molecule has 2 nitrogen and oxygen atoms in total. The molecule has 0 saturated heterocycles. The third-order valence-electron chi connectivity index (χ3n) is 4.65. The molecule has 1 amide bonds. The predicted molar refractivity (Wildman–Crippen MR) is 88.9 cm³/mol. The molecule has 2 unspecified atom stereocenters. The maximum Gasteiger partial charge on any atom is 0.225 e. The van der Waals surface area contributed by atoms with Crippen LogP contribution in [0, 0.1) is 23.7 Å². The minimum atomic E-state index is 0.330. The smallest absolute Gasteiger partial charge is 0.225 e. The summed E-state index contributed by atoms with van der Waals surface area (Å²) in [4.78, 5) is 14.4. The Morgan fingerprint density at radius 3 is 2.71 bits per heavy atom. The Kier molecular flexibility index (Phi) is 5.66. The van der Waals surface area contributed by atoms with Crippen LogP contribution in [0.3, 0.4) is 0 Å². The molecule has 0 aromatic rings. The zero-order valence-electron chi connectivity index (χ0n) is 14.1. The van der Waals surface area contributed by atoms with Crippen LogP contribution < -0.4 is 0 Å². The lowest BCUT2D eigenvalue weighted by molar-refractivity contribution is -0.132. The molecule has 0 heterocycles. The Hall–Kier alpha value is -1.05. The molecule has 2 heteroatoms. The average molecular weight is 289 g/mol. The van der Waals surface area contributed by atoms with E-state index in [0.717, 1.165) is 38.3 Å². The van der Waals surface area contributed by atoms with Crippen molar-refractivity contribution in [3.8, 4) is 0 Å². The van der Waals surface area contributed by atoms with Crippen molar-refractivity contribution in [3.05, 3.63) is 23.8 Å². The van der Waals surface area contributed by atoms with Crippen LogP contribution in [0.25, 0.3) is 0 Å². The third kappa shape index (κ3) is 5.01. The molecule has 1 fully saturated rings. The summed E-state index contributed by atoms with van der Waals surface area (Å²) in [6.07, 6.45) is 11.5. The first kappa shape index (κ1) is 16.3. The van der Waals surface area contributed by atoms with Crippen molar-refractivity contribution in [1.82, 2.24) is 4.90 Å². The van der Waals surface area contributed by atoms with Gasteiger partial charge >= 0.3 is 0 Å². The molecule has 2 aliphatic rings. The molecule has 0 radical (unpaired) electrons. The van der Waals surface area contributed by atoms with Crippen LogP contribution in [0.2, 0.25) is 0 Å². The fourth-order valence-corrected chi connectivity index (χ4v) is 3.23. The Morgan fingerprint density at radius 2 is 2.14 bits per heavy atom. The highest BCUT2D eigenvalue weighted by molar-refractivity contribution is 5.81. The van der Waals surface area contributed by atoms with Crippen LogP contribution in [0.5, 0.6) is 0 Å². The second-order valence-electron chi connectivity index (χ2n) is 7.47. The molecule has 0 spiro atoms. The van der Waals surface area contributed by atoms with Gasteiger partial charge in [-0.3, -0.25) is 4.79 Å². The highest BCUT2D eigenvalue weighted by atomic mass is 16.2. The molecule has 2 aliphatic carbocycles. The molecule has 118 valence electrons. The van der Waals surface area contributed by atoms with Crippen molar-refractivity contribution in [2.24, 2.45) is 23.7 Å². The van der Waals surface area contributed by atoms with Gasteiger partial charge in [-0.25, -0.2) is 0 Å². The Labute approximate surface area is 130 Å². The van der Waals surface area contributed by atoms with E-state index in [0.29, 0.717) is 23.7 Å². The van der Waals surface area contributed by atoms with Crippen LogP contribution in [0.4, 0.5) is 0 Å². The molecular weight excluding hydrogens is 258 g/mol. The van der Waals surface area contributed by atoms with Crippen molar-refractivity contribution in [2.45, 2.75) is 53.4 Å². The van der Waals surface area contributed by atoms with Crippen molar-refractivity contribution < 1.29 is 4.79 Å². The van der Waals surface area contributed by atoms with E-state index in [1.165, 1.54) is 12.0 Å². The first-order chi connectivity index (χ1) is 9.97. The Balaban J connectivity index is 1.88. The maximum absolute atomic E-state index is 12.3. The first-order valence-corrected chi connectivity index (χ1v) is 8.58. The van der Waals surface area contributed by atoms with E-state index < -0.39 is 0 Å². The number of hydrogen-bond donors (Lipinski definition) is 0. The van der Waals surface area contributed by atoms with Gasteiger partial charge in [0.05, 0.1) is 0 Å². The maximum atomic E-state index is 12.3. The first-order valence-electron chi connectivity index (χ1n) is 8.58. The van der Waals surface area contributed by atoms with Crippen molar-refractivity contribution in [2.75, 3.05) is 13.1 Å². The van der Waals surface area contributed by atoms with E-state index in [2.05, 4.69) is 50.8 Å². The molecule has 1 saturated carbocycles. The normalized spacial score (nSPS) is 26.2. The number of rotatable bonds is 6. The highest BCUT2D eigenvalue weighted by Gasteiger charge is 2.33. The SMILES string of the molecule is CC1=CCC(C=CCN(CC(C)C)C(=O)C2CC2)C(C)C1. The van der Waals surface area contributed by atoms with E-state index in [1.807, 2.05) is 0 Å². The average Bonchev–Trinajstić information content (AvgIpc) is 3.23. The zero-order chi connectivity index (χ0) is 15.4. The van der Waals surface area contributed by atoms with E-state index in [9.17, 15) is 4.79 Å². The quantitative estimate of drug-likeness (QED) is 0.662. The summed E-state index contributed by atoms with van der Waals surface area (Å²) < 4.78 is 0. The molecule has 0 aromatic heterocycles. The summed E-state index contributed by atoms with van der Waals surface area (Å²) in [5.41, 5.74) is 1.53. The molecule has 0 aromatic carbocycles. The van der Waals surface area contributed by atoms with E-state index >= 15 is 0 Å². The van der Waals surface area contributed by atoms with Gasteiger partial charge in [-0.2, -0.15) is 0 Å². The molecule has 2 atom stereocenters. The third-order valence-corrected chi connectivity index (χ3v) is 4.65. The number of allylic oxidation sites excluding steroid dienone is 3. The number of hydrogen-bond acceptors (Lipinski definition) is 1. The summed E-state index contributed by atoms with van der Waals surface area (Å²) in [5, 5.41) is 0. The number of carbonyl (C=O) groups is 1.